The normalized spacial score (nSPS) is 24.7. The van der Waals surface area contributed by atoms with Crippen LogP contribution in [-0.2, 0) is 4.74 Å². The van der Waals surface area contributed by atoms with Gasteiger partial charge in [-0.15, -0.1) is 0 Å². The summed E-state index contributed by atoms with van der Waals surface area (Å²) < 4.78 is 41.1. The molecule has 0 aromatic carbocycles. The number of unbranched alkanes of at least 4 members (excludes halogenated alkanes) is 1. The summed E-state index contributed by atoms with van der Waals surface area (Å²) in [6.45, 7) is 5.88. The molecule has 1 heterocycles. The molecular formula is C12H23F3N2O. The van der Waals surface area contributed by atoms with E-state index in [0.717, 1.165) is 26.3 Å². The van der Waals surface area contributed by atoms with E-state index in [1.807, 2.05) is 0 Å². The summed E-state index contributed by atoms with van der Waals surface area (Å²) in [7, 11) is 0. The SMILES string of the molecule is CCNC1COCC1CNCCCCC(F)(F)F. The van der Waals surface area contributed by atoms with E-state index in [-0.39, 0.29) is 6.42 Å². The van der Waals surface area contributed by atoms with E-state index < -0.39 is 12.6 Å². The molecule has 1 fully saturated rings. The van der Waals surface area contributed by atoms with Crippen molar-refractivity contribution in [3.8, 4) is 0 Å². The van der Waals surface area contributed by atoms with Gasteiger partial charge in [0.1, 0.15) is 0 Å². The number of likely N-dealkylation sites (N-methyl/N-ethyl adjacent to an activating group) is 1. The molecule has 0 aliphatic carbocycles. The van der Waals surface area contributed by atoms with Crippen molar-refractivity contribution in [2.75, 3.05) is 32.8 Å². The lowest BCUT2D eigenvalue weighted by atomic mass is 10.0. The maximum absolute atomic E-state index is 11.9. The van der Waals surface area contributed by atoms with Crippen molar-refractivity contribution in [2.24, 2.45) is 5.92 Å². The molecule has 0 amide bonds. The summed E-state index contributed by atoms with van der Waals surface area (Å²) >= 11 is 0. The maximum Gasteiger partial charge on any atom is 0.389 e. The molecular weight excluding hydrogens is 245 g/mol. The van der Waals surface area contributed by atoms with Crippen LogP contribution in [0.15, 0.2) is 0 Å². The van der Waals surface area contributed by atoms with Crippen molar-refractivity contribution >= 4 is 0 Å². The van der Waals surface area contributed by atoms with Crippen LogP contribution in [0.1, 0.15) is 26.2 Å². The van der Waals surface area contributed by atoms with Crippen LogP contribution < -0.4 is 10.6 Å². The molecule has 6 heteroatoms. The van der Waals surface area contributed by atoms with Crippen LogP contribution in [0.2, 0.25) is 0 Å². The van der Waals surface area contributed by atoms with Crippen molar-refractivity contribution < 1.29 is 17.9 Å². The van der Waals surface area contributed by atoms with Crippen LogP contribution >= 0.6 is 0 Å². The molecule has 2 N–H and O–H groups in total. The van der Waals surface area contributed by atoms with Gasteiger partial charge >= 0.3 is 6.18 Å². The predicted molar refractivity (Wildman–Crippen MR) is 64.5 cm³/mol. The van der Waals surface area contributed by atoms with E-state index in [0.29, 0.717) is 24.9 Å². The molecule has 1 saturated heterocycles. The van der Waals surface area contributed by atoms with Gasteiger partial charge in [0.25, 0.3) is 0 Å². The quantitative estimate of drug-likeness (QED) is 0.660. The van der Waals surface area contributed by atoms with Gasteiger partial charge in [-0.05, 0) is 25.9 Å². The standard InChI is InChI=1S/C12H23F3N2O/c1-2-17-11-9-18-8-10(11)7-16-6-4-3-5-12(13,14)15/h10-11,16-17H,2-9H2,1H3. The van der Waals surface area contributed by atoms with Crippen molar-refractivity contribution in [1.82, 2.24) is 10.6 Å². The highest BCUT2D eigenvalue weighted by Crippen LogP contribution is 2.21. The molecule has 1 aliphatic heterocycles. The van der Waals surface area contributed by atoms with E-state index in [1.165, 1.54) is 0 Å². The zero-order valence-electron chi connectivity index (χ0n) is 10.9. The Morgan fingerprint density at radius 3 is 2.67 bits per heavy atom. The van der Waals surface area contributed by atoms with E-state index in [4.69, 9.17) is 4.74 Å². The molecule has 2 atom stereocenters. The Kier molecular flexibility index (Phi) is 6.96. The number of halogens is 3. The van der Waals surface area contributed by atoms with Gasteiger partial charge in [-0.3, -0.25) is 0 Å². The van der Waals surface area contributed by atoms with E-state index in [9.17, 15) is 13.2 Å². The Bertz CT molecular complexity index is 224. The monoisotopic (exact) mass is 268 g/mol. The first-order chi connectivity index (χ1) is 8.53. The van der Waals surface area contributed by atoms with Crippen LogP contribution in [0, 0.1) is 5.92 Å². The van der Waals surface area contributed by atoms with Crippen LogP contribution in [0.3, 0.4) is 0 Å². The first-order valence-corrected chi connectivity index (χ1v) is 6.61. The second kappa shape index (κ2) is 7.96. The molecule has 0 aromatic heterocycles. The Hall–Kier alpha value is -0.330. The largest absolute Gasteiger partial charge is 0.389 e. The molecule has 0 saturated carbocycles. The molecule has 18 heavy (non-hydrogen) atoms. The molecule has 1 aliphatic rings. The van der Waals surface area contributed by atoms with Gasteiger partial charge in [0.2, 0.25) is 0 Å². The summed E-state index contributed by atoms with van der Waals surface area (Å²) in [4.78, 5) is 0. The first kappa shape index (κ1) is 15.7. The number of hydrogen-bond acceptors (Lipinski definition) is 3. The number of alkyl halides is 3. The Balaban J connectivity index is 2.00. The fourth-order valence-corrected chi connectivity index (χ4v) is 2.15. The Morgan fingerprint density at radius 1 is 1.22 bits per heavy atom. The summed E-state index contributed by atoms with van der Waals surface area (Å²) in [6, 6.07) is 0.373. The minimum atomic E-state index is -4.02. The van der Waals surface area contributed by atoms with Gasteiger partial charge in [0.05, 0.1) is 13.2 Å². The smallest absolute Gasteiger partial charge is 0.379 e. The molecule has 0 aromatic rings. The predicted octanol–water partition coefficient (Wildman–Crippen LogP) is 1.93. The summed E-state index contributed by atoms with van der Waals surface area (Å²) in [5.74, 6) is 0.424. The maximum atomic E-state index is 11.9. The zero-order chi connectivity index (χ0) is 13.4. The van der Waals surface area contributed by atoms with Crippen LogP contribution in [0.25, 0.3) is 0 Å². The number of nitrogens with one attached hydrogen (secondary N) is 2. The summed E-state index contributed by atoms with van der Waals surface area (Å²) in [5, 5.41) is 6.57. The average Bonchev–Trinajstić information content (AvgIpc) is 2.70. The minimum absolute atomic E-state index is 0.203. The molecule has 1 rings (SSSR count). The van der Waals surface area contributed by atoms with Gasteiger partial charge in [-0.25, -0.2) is 0 Å². The van der Waals surface area contributed by atoms with Crippen LogP contribution in [0.5, 0.6) is 0 Å². The second-order valence-electron chi connectivity index (χ2n) is 4.74. The lowest BCUT2D eigenvalue weighted by Crippen LogP contribution is -2.40. The summed E-state index contributed by atoms with van der Waals surface area (Å²) in [5.41, 5.74) is 0. The van der Waals surface area contributed by atoms with E-state index in [1.54, 1.807) is 0 Å². The van der Waals surface area contributed by atoms with E-state index in [2.05, 4.69) is 17.6 Å². The van der Waals surface area contributed by atoms with Gasteiger partial charge in [-0.1, -0.05) is 6.92 Å². The lowest BCUT2D eigenvalue weighted by molar-refractivity contribution is -0.135. The Morgan fingerprint density at radius 2 is 2.00 bits per heavy atom. The van der Waals surface area contributed by atoms with Gasteiger partial charge in [0.15, 0.2) is 0 Å². The fourth-order valence-electron chi connectivity index (χ4n) is 2.15. The minimum Gasteiger partial charge on any atom is -0.379 e. The first-order valence-electron chi connectivity index (χ1n) is 6.61. The van der Waals surface area contributed by atoms with Crippen LogP contribution in [-0.4, -0.2) is 45.1 Å². The van der Waals surface area contributed by atoms with Gasteiger partial charge in [-0.2, -0.15) is 13.2 Å². The topological polar surface area (TPSA) is 33.3 Å². The van der Waals surface area contributed by atoms with Crippen molar-refractivity contribution in [3.63, 3.8) is 0 Å². The second-order valence-corrected chi connectivity index (χ2v) is 4.74. The third-order valence-electron chi connectivity index (χ3n) is 3.14. The third kappa shape index (κ3) is 6.56. The molecule has 2 unspecified atom stereocenters. The number of rotatable bonds is 8. The zero-order valence-corrected chi connectivity index (χ0v) is 10.9. The summed E-state index contributed by atoms with van der Waals surface area (Å²) in [6.07, 6.45) is -3.93. The molecule has 108 valence electrons. The van der Waals surface area contributed by atoms with E-state index >= 15 is 0 Å². The Labute approximate surface area is 106 Å². The van der Waals surface area contributed by atoms with Crippen molar-refractivity contribution in [3.05, 3.63) is 0 Å². The third-order valence-corrected chi connectivity index (χ3v) is 3.14. The molecule has 0 radical (unpaired) electrons. The lowest BCUT2D eigenvalue weighted by Gasteiger charge is -2.18. The van der Waals surface area contributed by atoms with Gasteiger partial charge < -0.3 is 15.4 Å². The average molecular weight is 268 g/mol. The highest BCUT2D eigenvalue weighted by molar-refractivity contribution is 4.82. The molecule has 0 spiro atoms. The molecule has 0 bridgehead atoms. The highest BCUT2D eigenvalue weighted by atomic mass is 19.4. The number of hydrogen-bond donors (Lipinski definition) is 2. The fraction of sp³-hybridized carbons (Fsp3) is 1.00. The molecule has 3 nitrogen and oxygen atoms in total. The highest BCUT2D eigenvalue weighted by Gasteiger charge is 2.27. The van der Waals surface area contributed by atoms with Crippen LogP contribution in [0.4, 0.5) is 13.2 Å². The number of ether oxygens (including phenoxy) is 1. The van der Waals surface area contributed by atoms with Gasteiger partial charge in [0, 0.05) is 24.9 Å². The van der Waals surface area contributed by atoms with Crippen molar-refractivity contribution in [2.45, 2.75) is 38.4 Å². The van der Waals surface area contributed by atoms with Crippen molar-refractivity contribution in [1.29, 1.82) is 0 Å².